The molecule has 1 fully saturated rings. The minimum absolute atomic E-state index is 0.0543. The van der Waals surface area contributed by atoms with Crippen LogP contribution in [-0.4, -0.2) is 33.7 Å². The second kappa shape index (κ2) is 6.70. The summed E-state index contributed by atoms with van der Waals surface area (Å²) < 4.78 is 35.2. The van der Waals surface area contributed by atoms with Gasteiger partial charge in [0.05, 0.1) is 23.9 Å². The number of ether oxygens (including phenoxy) is 2. The van der Waals surface area contributed by atoms with E-state index in [-0.39, 0.29) is 12.0 Å². The second-order valence-electron chi connectivity index (χ2n) is 5.36. The number of hydrogen-bond donors (Lipinski definition) is 0. The zero-order valence-electron chi connectivity index (χ0n) is 12.0. The van der Waals surface area contributed by atoms with Crippen molar-refractivity contribution in [2.24, 2.45) is 0 Å². The number of rotatable bonds is 5. The maximum Gasteiger partial charge on any atom is 0.178 e. The Hall–Kier alpha value is -0.910. The lowest BCUT2D eigenvalue weighted by Crippen LogP contribution is -2.27. The Kier molecular flexibility index (Phi) is 5.18. The Morgan fingerprint density at radius 3 is 2.30 bits per heavy atom. The van der Waals surface area contributed by atoms with Crippen LogP contribution in [0.1, 0.15) is 38.2 Å². The van der Waals surface area contributed by atoms with Gasteiger partial charge in [0.2, 0.25) is 0 Å². The Balaban J connectivity index is 1.98. The van der Waals surface area contributed by atoms with Crippen molar-refractivity contribution in [2.45, 2.75) is 43.8 Å². The fourth-order valence-corrected chi connectivity index (χ4v) is 3.42. The van der Waals surface area contributed by atoms with Gasteiger partial charge in [0.15, 0.2) is 16.1 Å². The summed E-state index contributed by atoms with van der Waals surface area (Å²) in [6.45, 7) is 5.46. The number of sulfone groups is 1. The Labute approximate surface area is 121 Å². The van der Waals surface area contributed by atoms with Crippen molar-refractivity contribution >= 4 is 9.84 Å². The summed E-state index contributed by atoms with van der Waals surface area (Å²) in [7, 11) is -3.26. The molecule has 0 N–H and O–H groups in total. The van der Waals surface area contributed by atoms with Crippen LogP contribution in [0.2, 0.25) is 0 Å². The lowest BCUT2D eigenvalue weighted by molar-refractivity contribution is -0.178. The molecule has 112 valence electrons. The van der Waals surface area contributed by atoms with Gasteiger partial charge in [0.1, 0.15) is 0 Å². The maximum atomic E-state index is 12.2. The van der Waals surface area contributed by atoms with E-state index in [2.05, 4.69) is 13.8 Å². The molecule has 0 amide bonds. The third-order valence-electron chi connectivity index (χ3n) is 3.42. The highest BCUT2D eigenvalue weighted by Gasteiger charge is 2.20. The quantitative estimate of drug-likeness (QED) is 0.838. The van der Waals surface area contributed by atoms with Crippen LogP contribution in [0.25, 0.3) is 0 Å². The zero-order chi connectivity index (χ0) is 14.6. The summed E-state index contributed by atoms with van der Waals surface area (Å²) in [6.07, 6.45) is 0.877. The van der Waals surface area contributed by atoms with Gasteiger partial charge in [0, 0.05) is 6.42 Å². The highest BCUT2D eigenvalue weighted by atomic mass is 32.2. The van der Waals surface area contributed by atoms with E-state index in [1.165, 1.54) is 0 Å². The normalized spacial score (nSPS) is 17.6. The molecule has 0 atom stereocenters. The lowest BCUT2D eigenvalue weighted by Gasteiger charge is -2.22. The molecule has 0 bridgehead atoms. The fourth-order valence-electron chi connectivity index (χ4n) is 2.13. The first kappa shape index (κ1) is 15.5. The van der Waals surface area contributed by atoms with Gasteiger partial charge >= 0.3 is 0 Å². The molecule has 0 radical (unpaired) electrons. The molecule has 20 heavy (non-hydrogen) atoms. The maximum absolute atomic E-state index is 12.2. The minimum atomic E-state index is -3.26. The third-order valence-corrected chi connectivity index (χ3v) is 5.19. The van der Waals surface area contributed by atoms with Crippen molar-refractivity contribution in [1.82, 2.24) is 0 Å². The van der Waals surface area contributed by atoms with Crippen molar-refractivity contribution in [2.75, 3.05) is 19.0 Å². The van der Waals surface area contributed by atoms with Gasteiger partial charge in [-0.1, -0.05) is 26.0 Å². The number of hydrogen-bond acceptors (Lipinski definition) is 4. The summed E-state index contributed by atoms with van der Waals surface area (Å²) in [5, 5.41) is 0. The fraction of sp³-hybridized carbons (Fsp3) is 0.600. The topological polar surface area (TPSA) is 52.6 Å². The highest BCUT2D eigenvalue weighted by molar-refractivity contribution is 7.91. The molecular weight excluding hydrogens is 276 g/mol. The van der Waals surface area contributed by atoms with Crippen LogP contribution in [0.4, 0.5) is 0 Å². The summed E-state index contributed by atoms with van der Waals surface area (Å²) in [6, 6.07) is 7.14. The van der Waals surface area contributed by atoms with Crippen LogP contribution in [-0.2, 0) is 19.3 Å². The first-order valence-corrected chi connectivity index (χ1v) is 8.70. The van der Waals surface area contributed by atoms with Gasteiger partial charge in [-0.05, 0) is 30.0 Å². The van der Waals surface area contributed by atoms with Crippen molar-refractivity contribution in [3.05, 3.63) is 29.8 Å². The van der Waals surface area contributed by atoms with E-state index >= 15 is 0 Å². The van der Waals surface area contributed by atoms with E-state index < -0.39 is 9.84 Å². The lowest BCUT2D eigenvalue weighted by atomic mass is 10.0. The van der Waals surface area contributed by atoms with E-state index in [1.807, 2.05) is 12.1 Å². The summed E-state index contributed by atoms with van der Waals surface area (Å²) in [4.78, 5) is 0.373. The third kappa shape index (κ3) is 4.04. The minimum Gasteiger partial charge on any atom is -0.353 e. The summed E-state index contributed by atoms with van der Waals surface area (Å²) in [5.74, 6) is 0.453. The van der Waals surface area contributed by atoms with Crippen LogP contribution in [0.5, 0.6) is 0 Å². The molecular formula is C15H22O4S. The molecule has 0 unspecified atom stereocenters. The zero-order valence-corrected chi connectivity index (χ0v) is 12.9. The summed E-state index contributed by atoms with van der Waals surface area (Å²) >= 11 is 0. The highest BCUT2D eigenvalue weighted by Crippen LogP contribution is 2.19. The van der Waals surface area contributed by atoms with Crippen LogP contribution in [0.15, 0.2) is 29.2 Å². The van der Waals surface area contributed by atoms with E-state index in [0.29, 0.717) is 30.4 Å². The van der Waals surface area contributed by atoms with Crippen LogP contribution in [0, 0.1) is 0 Å². The molecule has 0 aliphatic carbocycles. The first-order chi connectivity index (χ1) is 9.49. The van der Waals surface area contributed by atoms with Gasteiger partial charge < -0.3 is 9.47 Å². The SMILES string of the molecule is CC(C)c1ccc(S(=O)(=O)CCC2OCCCO2)cc1. The van der Waals surface area contributed by atoms with Gasteiger partial charge in [0.25, 0.3) is 0 Å². The molecule has 1 saturated heterocycles. The molecule has 0 saturated carbocycles. The molecule has 1 aliphatic rings. The van der Waals surface area contributed by atoms with Gasteiger partial charge in [-0.2, -0.15) is 0 Å². The molecule has 1 heterocycles. The summed E-state index contributed by atoms with van der Waals surface area (Å²) in [5.41, 5.74) is 1.14. The Morgan fingerprint density at radius 1 is 1.15 bits per heavy atom. The molecule has 4 nitrogen and oxygen atoms in total. The molecule has 1 aromatic carbocycles. The first-order valence-electron chi connectivity index (χ1n) is 7.05. The molecule has 1 aromatic rings. The van der Waals surface area contributed by atoms with Gasteiger partial charge in [-0.25, -0.2) is 8.42 Å². The van der Waals surface area contributed by atoms with Gasteiger partial charge in [-0.3, -0.25) is 0 Å². The monoisotopic (exact) mass is 298 g/mol. The average molecular weight is 298 g/mol. The molecule has 5 heteroatoms. The Morgan fingerprint density at radius 2 is 1.75 bits per heavy atom. The smallest absolute Gasteiger partial charge is 0.178 e. The van der Waals surface area contributed by atoms with E-state index in [0.717, 1.165) is 12.0 Å². The Bertz CT molecular complexity index is 513. The largest absolute Gasteiger partial charge is 0.353 e. The predicted octanol–water partition coefficient (Wildman–Crippen LogP) is 2.74. The average Bonchev–Trinajstić information content (AvgIpc) is 2.46. The molecule has 2 rings (SSSR count). The van der Waals surface area contributed by atoms with Crippen molar-refractivity contribution in [1.29, 1.82) is 0 Å². The van der Waals surface area contributed by atoms with Crippen LogP contribution < -0.4 is 0 Å². The molecule has 0 spiro atoms. The standard InChI is InChI=1S/C15H22O4S/c1-12(2)13-4-6-14(7-5-13)20(16,17)11-8-15-18-9-3-10-19-15/h4-7,12,15H,3,8-11H2,1-2H3. The predicted molar refractivity (Wildman–Crippen MR) is 77.5 cm³/mol. The van der Waals surface area contributed by atoms with Crippen molar-refractivity contribution in [3.8, 4) is 0 Å². The van der Waals surface area contributed by atoms with Crippen molar-refractivity contribution < 1.29 is 17.9 Å². The van der Waals surface area contributed by atoms with E-state index in [4.69, 9.17) is 9.47 Å². The van der Waals surface area contributed by atoms with Crippen LogP contribution >= 0.6 is 0 Å². The number of benzene rings is 1. The van der Waals surface area contributed by atoms with Gasteiger partial charge in [-0.15, -0.1) is 0 Å². The van der Waals surface area contributed by atoms with Crippen molar-refractivity contribution in [3.63, 3.8) is 0 Å². The van der Waals surface area contributed by atoms with Crippen LogP contribution in [0.3, 0.4) is 0 Å². The second-order valence-corrected chi connectivity index (χ2v) is 7.47. The van der Waals surface area contributed by atoms with E-state index in [9.17, 15) is 8.42 Å². The molecule has 0 aromatic heterocycles. The van der Waals surface area contributed by atoms with E-state index in [1.54, 1.807) is 12.1 Å². The molecule has 1 aliphatic heterocycles.